The van der Waals surface area contributed by atoms with Crippen LogP contribution in [0.5, 0.6) is 5.75 Å². The van der Waals surface area contributed by atoms with E-state index in [0.717, 1.165) is 37.4 Å². The molecule has 2 aliphatic heterocycles. The Morgan fingerprint density at radius 3 is 2.74 bits per heavy atom. The van der Waals surface area contributed by atoms with Gasteiger partial charge in [-0.3, -0.25) is 4.79 Å². The highest BCUT2D eigenvalue weighted by molar-refractivity contribution is 7.80. The fraction of sp³-hybridized carbons (Fsp3) is 0.400. The molecule has 2 aromatic rings. The molecule has 1 atom stereocenters. The van der Waals surface area contributed by atoms with Crippen LogP contribution in [-0.2, 0) is 11.3 Å². The second-order valence-corrected chi connectivity index (χ2v) is 7.20. The Morgan fingerprint density at radius 1 is 1.15 bits per heavy atom. The smallest absolute Gasteiger partial charge is 0.265 e. The first-order chi connectivity index (χ1) is 13.2. The Hall–Kier alpha value is -2.54. The van der Waals surface area contributed by atoms with Crippen molar-refractivity contribution in [3.8, 4) is 5.75 Å². The number of ether oxygens (including phenoxy) is 1. The maximum atomic E-state index is 13.0. The van der Waals surface area contributed by atoms with E-state index in [1.54, 1.807) is 6.26 Å². The van der Waals surface area contributed by atoms with Crippen LogP contribution >= 0.6 is 12.2 Å². The Morgan fingerprint density at radius 2 is 1.96 bits per heavy atom. The van der Waals surface area contributed by atoms with Gasteiger partial charge in [0, 0.05) is 13.1 Å². The molecular formula is C20H23N3O3S. The fourth-order valence-electron chi connectivity index (χ4n) is 3.54. The van der Waals surface area contributed by atoms with Crippen molar-refractivity contribution in [1.29, 1.82) is 0 Å². The zero-order valence-electron chi connectivity index (χ0n) is 15.1. The summed E-state index contributed by atoms with van der Waals surface area (Å²) in [5.41, 5.74) is 0.872. The summed E-state index contributed by atoms with van der Waals surface area (Å²) in [7, 11) is 0. The summed E-state index contributed by atoms with van der Waals surface area (Å²) in [6, 6.07) is 11.4. The zero-order valence-corrected chi connectivity index (χ0v) is 15.9. The Balaban J connectivity index is 1.50. The number of piperidine rings is 1. The highest BCUT2D eigenvalue weighted by Gasteiger charge is 2.35. The largest absolute Gasteiger partial charge is 0.476 e. The van der Waals surface area contributed by atoms with Crippen molar-refractivity contribution < 1.29 is 13.9 Å². The van der Waals surface area contributed by atoms with Crippen LogP contribution in [-0.4, -0.2) is 41.7 Å². The van der Waals surface area contributed by atoms with Crippen LogP contribution in [0.2, 0.25) is 0 Å². The van der Waals surface area contributed by atoms with Crippen LogP contribution < -0.4 is 15.0 Å². The number of carbonyl (C=O) groups is 1. The summed E-state index contributed by atoms with van der Waals surface area (Å²) in [4.78, 5) is 16.8. The van der Waals surface area contributed by atoms with Crippen LogP contribution in [0.15, 0.2) is 47.1 Å². The predicted molar refractivity (Wildman–Crippen MR) is 107 cm³/mol. The van der Waals surface area contributed by atoms with Gasteiger partial charge < -0.3 is 24.3 Å². The molecule has 0 unspecified atom stereocenters. The maximum Gasteiger partial charge on any atom is 0.265 e. The molecule has 0 radical (unpaired) electrons. The van der Waals surface area contributed by atoms with Crippen LogP contribution in [0.3, 0.4) is 0 Å². The van der Waals surface area contributed by atoms with E-state index < -0.39 is 6.10 Å². The molecule has 2 aliphatic rings. The number of likely N-dealkylation sites (tertiary alicyclic amines) is 1. The van der Waals surface area contributed by atoms with Crippen molar-refractivity contribution in [2.75, 3.05) is 24.5 Å². The first kappa shape index (κ1) is 17.9. The molecule has 0 aliphatic carbocycles. The highest BCUT2D eigenvalue weighted by atomic mass is 32.1. The molecule has 1 aromatic heterocycles. The number of amides is 1. The molecule has 3 heterocycles. The van der Waals surface area contributed by atoms with Gasteiger partial charge in [-0.15, -0.1) is 0 Å². The van der Waals surface area contributed by atoms with Crippen molar-refractivity contribution in [2.24, 2.45) is 0 Å². The number of nitrogens with zero attached hydrogens (tertiary/aromatic N) is 2. The topological polar surface area (TPSA) is 58.0 Å². The Bertz CT molecular complexity index is 803. The summed E-state index contributed by atoms with van der Waals surface area (Å²) in [6.45, 7) is 2.51. The molecule has 0 bridgehead atoms. The standard InChI is InChI=1S/C20H23N3O3S/c24-19(22-10-4-1-5-11-22)18-14-23(16-8-2-3-9-17(16)26-18)20(27)21-13-15-7-6-12-25-15/h2-3,6-9,12,18H,1,4-5,10-11,13-14H2,(H,21,27)/t18-/m1/s1. The molecule has 6 nitrogen and oxygen atoms in total. The van der Waals surface area contributed by atoms with Gasteiger partial charge >= 0.3 is 0 Å². The van der Waals surface area contributed by atoms with Gasteiger partial charge in [-0.25, -0.2) is 0 Å². The van der Waals surface area contributed by atoms with Crippen LogP contribution in [0, 0.1) is 0 Å². The number of rotatable bonds is 3. The number of benzene rings is 1. The molecule has 142 valence electrons. The first-order valence-electron chi connectivity index (χ1n) is 9.34. The normalized spacial score (nSPS) is 19.2. The van der Waals surface area contributed by atoms with Gasteiger partial charge in [0.15, 0.2) is 11.2 Å². The van der Waals surface area contributed by atoms with Gasteiger partial charge in [0.2, 0.25) is 0 Å². The molecule has 1 amide bonds. The fourth-order valence-corrected chi connectivity index (χ4v) is 3.79. The number of fused-ring (bicyclic) bond motifs is 1. The predicted octanol–water partition coefficient (Wildman–Crippen LogP) is 2.93. The summed E-state index contributed by atoms with van der Waals surface area (Å²) in [5, 5.41) is 3.77. The van der Waals surface area contributed by atoms with E-state index in [1.165, 1.54) is 6.42 Å². The molecule has 0 spiro atoms. The Kier molecular flexibility index (Phi) is 5.29. The number of anilines is 1. The number of thiocarbonyl (C=S) groups is 1. The van der Waals surface area contributed by atoms with Gasteiger partial charge in [-0.05, 0) is 55.7 Å². The van der Waals surface area contributed by atoms with E-state index in [4.69, 9.17) is 21.4 Å². The van der Waals surface area contributed by atoms with Gasteiger partial charge in [0.25, 0.3) is 5.91 Å². The van der Waals surface area contributed by atoms with Crippen LogP contribution in [0.4, 0.5) is 5.69 Å². The number of furan rings is 1. The summed E-state index contributed by atoms with van der Waals surface area (Å²) in [6.07, 6.45) is 4.38. The monoisotopic (exact) mass is 385 g/mol. The van der Waals surface area contributed by atoms with E-state index in [1.807, 2.05) is 46.2 Å². The SMILES string of the molecule is O=C([C@H]1CN(C(=S)NCc2ccco2)c2ccccc2O1)N1CCCCC1. The van der Waals surface area contributed by atoms with Gasteiger partial charge in [0.05, 0.1) is 25.0 Å². The van der Waals surface area contributed by atoms with Crippen LogP contribution in [0.25, 0.3) is 0 Å². The van der Waals surface area contributed by atoms with Gasteiger partial charge in [-0.1, -0.05) is 12.1 Å². The van der Waals surface area contributed by atoms with E-state index >= 15 is 0 Å². The molecule has 0 saturated carbocycles. The van der Waals surface area contributed by atoms with Crippen LogP contribution in [0.1, 0.15) is 25.0 Å². The highest BCUT2D eigenvalue weighted by Crippen LogP contribution is 2.33. The number of nitrogens with one attached hydrogen (secondary N) is 1. The molecule has 4 rings (SSSR count). The van der Waals surface area contributed by atoms with E-state index in [0.29, 0.717) is 24.0 Å². The third-order valence-electron chi connectivity index (χ3n) is 4.96. The van der Waals surface area contributed by atoms with Gasteiger partial charge in [0.1, 0.15) is 11.5 Å². The quantitative estimate of drug-likeness (QED) is 0.820. The second kappa shape index (κ2) is 8.00. The molecule has 1 fully saturated rings. The molecular weight excluding hydrogens is 362 g/mol. The summed E-state index contributed by atoms with van der Waals surface area (Å²) >= 11 is 5.61. The number of hydrogen-bond donors (Lipinski definition) is 1. The Labute approximate surface area is 164 Å². The number of carbonyl (C=O) groups excluding carboxylic acids is 1. The number of para-hydroxylation sites is 2. The average molecular weight is 385 g/mol. The molecule has 27 heavy (non-hydrogen) atoms. The third kappa shape index (κ3) is 3.93. The lowest BCUT2D eigenvalue weighted by atomic mass is 10.1. The van der Waals surface area contributed by atoms with Crippen molar-refractivity contribution in [3.05, 3.63) is 48.4 Å². The van der Waals surface area contributed by atoms with Crippen molar-refractivity contribution in [1.82, 2.24) is 10.2 Å². The molecule has 1 aromatic carbocycles. The minimum Gasteiger partial charge on any atom is -0.476 e. The maximum absolute atomic E-state index is 13.0. The minimum absolute atomic E-state index is 0.0445. The van der Waals surface area contributed by atoms with Crippen molar-refractivity contribution in [2.45, 2.75) is 31.9 Å². The molecule has 1 N–H and O–H groups in total. The summed E-state index contributed by atoms with van der Waals surface area (Å²) in [5.74, 6) is 1.53. The minimum atomic E-state index is -0.554. The third-order valence-corrected chi connectivity index (χ3v) is 5.32. The second-order valence-electron chi connectivity index (χ2n) is 6.81. The summed E-state index contributed by atoms with van der Waals surface area (Å²) < 4.78 is 11.4. The van der Waals surface area contributed by atoms with E-state index in [2.05, 4.69) is 5.32 Å². The lowest BCUT2D eigenvalue weighted by molar-refractivity contribution is -0.139. The van der Waals surface area contributed by atoms with Crippen molar-refractivity contribution >= 4 is 28.9 Å². The van der Waals surface area contributed by atoms with Gasteiger partial charge in [-0.2, -0.15) is 0 Å². The number of hydrogen-bond acceptors (Lipinski definition) is 4. The van der Waals surface area contributed by atoms with E-state index in [9.17, 15) is 4.79 Å². The van der Waals surface area contributed by atoms with E-state index in [-0.39, 0.29) is 5.91 Å². The molecule has 7 heteroatoms. The zero-order chi connectivity index (χ0) is 18.6. The first-order valence-corrected chi connectivity index (χ1v) is 9.75. The molecule has 1 saturated heterocycles. The van der Waals surface area contributed by atoms with Crippen molar-refractivity contribution in [3.63, 3.8) is 0 Å². The lowest BCUT2D eigenvalue weighted by Crippen LogP contribution is -2.54. The average Bonchev–Trinajstić information content (AvgIpc) is 3.25. The lowest BCUT2D eigenvalue weighted by Gasteiger charge is -2.38.